The number of rotatable bonds is 3. The maximum atomic E-state index is 9.93. The standard InChI is InChI=1S/C18H17Cl2N3OS/c19-13-2-1-12(14(20)9-13)10-22-5-7-23(8-6-22)15-3-4-16(24)17-18(15)25-11-21-17/h1-4,9,11,24H,5-8,10H2. The maximum absolute atomic E-state index is 9.93. The van der Waals surface area contributed by atoms with Crippen molar-refractivity contribution in [2.45, 2.75) is 6.54 Å². The fourth-order valence-electron chi connectivity index (χ4n) is 3.21. The van der Waals surface area contributed by atoms with Crippen LogP contribution in [0, 0.1) is 0 Å². The minimum atomic E-state index is 0.246. The third-order valence-corrected chi connectivity index (χ3v) is 6.00. The predicted octanol–water partition coefficient (Wildman–Crippen LogP) is 4.63. The van der Waals surface area contributed by atoms with Crippen LogP contribution >= 0.6 is 34.5 Å². The van der Waals surface area contributed by atoms with Gasteiger partial charge in [0.1, 0.15) is 11.3 Å². The van der Waals surface area contributed by atoms with Gasteiger partial charge in [-0.3, -0.25) is 4.90 Å². The molecule has 1 aliphatic rings. The highest BCUT2D eigenvalue weighted by Gasteiger charge is 2.21. The summed E-state index contributed by atoms with van der Waals surface area (Å²) >= 11 is 13.8. The summed E-state index contributed by atoms with van der Waals surface area (Å²) in [4.78, 5) is 9.03. The molecule has 1 aromatic heterocycles. The van der Waals surface area contributed by atoms with E-state index in [-0.39, 0.29) is 5.75 Å². The van der Waals surface area contributed by atoms with Crippen molar-refractivity contribution in [1.29, 1.82) is 0 Å². The van der Waals surface area contributed by atoms with Crippen LogP contribution in [0.1, 0.15) is 5.56 Å². The average molecular weight is 394 g/mol. The minimum absolute atomic E-state index is 0.246. The Hall–Kier alpha value is -1.53. The molecular formula is C18H17Cl2N3OS. The summed E-state index contributed by atoms with van der Waals surface area (Å²) in [5, 5.41) is 11.3. The number of thiazole rings is 1. The van der Waals surface area contributed by atoms with E-state index in [1.54, 1.807) is 29.0 Å². The SMILES string of the molecule is Oc1ccc(N2CCN(Cc3ccc(Cl)cc3Cl)CC2)c2scnc12. The molecule has 1 fully saturated rings. The molecule has 0 radical (unpaired) electrons. The van der Waals surface area contributed by atoms with E-state index >= 15 is 0 Å². The lowest BCUT2D eigenvalue weighted by Gasteiger charge is -2.36. The zero-order valence-corrected chi connectivity index (χ0v) is 15.8. The minimum Gasteiger partial charge on any atom is -0.506 e. The summed E-state index contributed by atoms with van der Waals surface area (Å²) < 4.78 is 1.05. The van der Waals surface area contributed by atoms with Crippen molar-refractivity contribution in [3.63, 3.8) is 0 Å². The second kappa shape index (κ2) is 7.00. The van der Waals surface area contributed by atoms with Gasteiger partial charge in [-0.25, -0.2) is 4.98 Å². The zero-order valence-electron chi connectivity index (χ0n) is 13.5. The van der Waals surface area contributed by atoms with Crippen LogP contribution in [0.3, 0.4) is 0 Å². The summed E-state index contributed by atoms with van der Waals surface area (Å²) in [6.07, 6.45) is 0. The first-order valence-corrected chi connectivity index (χ1v) is 9.72. The molecule has 1 aliphatic heterocycles. The molecule has 0 amide bonds. The van der Waals surface area contributed by atoms with Gasteiger partial charge >= 0.3 is 0 Å². The monoisotopic (exact) mass is 393 g/mol. The molecular weight excluding hydrogens is 377 g/mol. The number of hydrogen-bond donors (Lipinski definition) is 1. The molecule has 0 aliphatic carbocycles. The van der Waals surface area contributed by atoms with Crippen LogP contribution in [0.2, 0.25) is 10.0 Å². The lowest BCUT2D eigenvalue weighted by atomic mass is 10.2. The number of fused-ring (bicyclic) bond motifs is 1. The Morgan fingerprint density at radius 2 is 1.88 bits per heavy atom. The van der Waals surface area contributed by atoms with Gasteiger partial charge in [0.15, 0.2) is 0 Å². The molecule has 0 unspecified atom stereocenters. The van der Waals surface area contributed by atoms with Crippen LogP contribution in [0.5, 0.6) is 5.75 Å². The summed E-state index contributed by atoms with van der Waals surface area (Å²) in [7, 11) is 0. The number of aromatic nitrogens is 1. The van der Waals surface area contributed by atoms with E-state index in [1.807, 2.05) is 18.2 Å². The highest BCUT2D eigenvalue weighted by atomic mass is 35.5. The normalized spacial score (nSPS) is 15.8. The highest BCUT2D eigenvalue weighted by molar-refractivity contribution is 7.17. The van der Waals surface area contributed by atoms with Crippen LogP contribution < -0.4 is 4.90 Å². The first kappa shape index (κ1) is 16.9. The van der Waals surface area contributed by atoms with Crippen molar-refractivity contribution in [1.82, 2.24) is 9.88 Å². The molecule has 4 rings (SSSR count). The lowest BCUT2D eigenvalue weighted by molar-refractivity contribution is 0.250. The molecule has 2 aromatic carbocycles. The number of piperazine rings is 1. The molecule has 25 heavy (non-hydrogen) atoms. The van der Waals surface area contributed by atoms with Crippen LogP contribution in [-0.2, 0) is 6.54 Å². The van der Waals surface area contributed by atoms with Crippen molar-refractivity contribution in [2.24, 2.45) is 0 Å². The number of phenols is 1. The van der Waals surface area contributed by atoms with Gasteiger partial charge in [0.25, 0.3) is 0 Å². The molecule has 2 heterocycles. The van der Waals surface area contributed by atoms with E-state index in [9.17, 15) is 5.11 Å². The highest BCUT2D eigenvalue weighted by Crippen LogP contribution is 2.35. The summed E-state index contributed by atoms with van der Waals surface area (Å²) in [5.41, 5.74) is 4.73. The third kappa shape index (κ3) is 3.42. The van der Waals surface area contributed by atoms with Gasteiger partial charge in [0, 0.05) is 42.8 Å². The van der Waals surface area contributed by atoms with Gasteiger partial charge in [-0.05, 0) is 29.8 Å². The van der Waals surface area contributed by atoms with Crippen LogP contribution in [-0.4, -0.2) is 41.2 Å². The Labute approximate surface area is 160 Å². The molecule has 0 spiro atoms. The lowest BCUT2D eigenvalue weighted by Crippen LogP contribution is -2.46. The molecule has 130 valence electrons. The fourth-order valence-corrected chi connectivity index (χ4v) is 4.53. The topological polar surface area (TPSA) is 39.6 Å². The fraction of sp³-hybridized carbons (Fsp3) is 0.278. The van der Waals surface area contributed by atoms with Crippen molar-refractivity contribution in [2.75, 3.05) is 31.1 Å². The summed E-state index contributed by atoms with van der Waals surface area (Å²) in [5.74, 6) is 0.246. The number of nitrogens with zero attached hydrogens (tertiary/aromatic N) is 3. The second-order valence-corrected chi connectivity index (χ2v) is 7.83. The number of hydrogen-bond acceptors (Lipinski definition) is 5. The van der Waals surface area contributed by atoms with Gasteiger partial charge in [-0.2, -0.15) is 0 Å². The van der Waals surface area contributed by atoms with Gasteiger partial charge in [0.05, 0.1) is 15.9 Å². The van der Waals surface area contributed by atoms with E-state index in [4.69, 9.17) is 23.2 Å². The summed E-state index contributed by atoms with van der Waals surface area (Å²) in [6, 6.07) is 9.40. The van der Waals surface area contributed by atoms with E-state index in [0.29, 0.717) is 10.5 Å². The molecule has 1 saturated heterocycles. The predicted molar refractivity (Wildman–Crippen MR) is 105 cm³/mol. The number of phenolic OH excluding ortho intramolecular Hbond substituents is 1. The van der Waals surface area contributed by atoms with Gasteiger partial charge in [-0.15, -0.1) is 11.3 Å². The Morgan fingerprint density at radius 1 is 1.08 bits per heavy atom. The first-order chi connectivity index (χ1) is 12.1. The molecule has 4 nitrogen and oxygen atoms in total. The number of benzene rings is 2. The largest absolute Gasteiger partial charge is 0.506 e. The van der Waals surface area contributed by atoms with Crippen molar-refractivity contribution in [3.05, 3.63) is 51.5 Å². The van der Waals surface area contributed by atoms with E-state index in [2.05, 4.69) is 14.8 Å². The molecule has 0 atom stereocenters. The van der Waals surface area contributed by atoms with Gasteiger partial charge in [-0.1, -0.05) is 29.3 Å². The molecule has 0 bridgehead atoms. The zero-order chi connectivity index (χ0) is 17.4. The Bertz CT molecular complexity index is 906. The molecule has 1 N–H and O–H groups in total. The van der Waals surface area contributed by atoms with E-state index < -0.39 is 0 Å². The van der Waals surface area contributed by atoms with Crippen LogP contribution in [0.25, 0.3) is 10.2 Å². The van der Waals surface area contributed by atoms with Crippen LogP contribution in [0.15, 0.2) is 35.8 Å². The second-order valence-electron chi connectivity index (χ2n) is 6.13. The van der Waals surface area contributed by atoms with Crippen molar-refractivity contribution >= 4 is 50.4 Å². The maximum Gasteiger partial charge on any atom is 0.142 e. The Kier molecular flexibility index (Phi) is 4.73. The van der Waals surface area contributed by atoms with Crippen molar-refractivity contribution in [3.8, 4) is 5.75 Å². The van der Waals surface area contributed by atoms with Gasteiger partial charge in [0.2, 0.25) is 0 Å². The Balaban J connectivity index is 1.46. The number of halogens is 2. The Morgan fingerprint density at radius 3 is 2.64 bits per heavy atom. The number of aromatic hydroxyl groups is 1. The molecule has 7 heteroatoms. The number of anilines is 1. The van der Waals surface area contributed by atoms with Gasteiger partial charge < -0.3 is 10.0 Å². The quantitative estimate of drug-likeness (QED) is 0.703. The summed E-state index contributed by atoms with van der Waals surface area (Å²) in [6.45, 7) is 4.61. The van der Waals surface area contributed by atoms with E-state index in [0.717, 1.165) is 53.7 Å². The third-order valence-electron chi connectivity index (χ3n) is 4.56. The smallest absolute Gasteiger partial charge is 0.142 e. The first-order valence-electron chi connectivity index (χ1n) is 8.08. The van der Waals surface area contributed by atoms with Crippen molar-refractivity contribution < 1.29 is 5.11 Å². The molecule has 3 aromatic rings. The van der Waals surface area contributed by atoms with Crippen LogP contribution in [0.4, 0.5) is 5.69 Å². The molecule has 0 saturated carbocycles. The van der Waals surface area contributed by atoms with E-state index in [1.165, 1.54) is 0 Å². The average Bonchev–Trinajstić information content (AvgIpc) is 3.09.